The van der Waals surface area contributed by atoms with E-state index in [1.54, 1.807) is 4.90 Å². The number of rotatable bonds is 3. The first-order chi connectivity index (χ1) is 7.74. The van der Waals surface area contributed by atoms with Crippen LogP contribution in [0.5, 0.6) is 0 Å². The molecule has 1 saturated heterocycles. The highest BCUT2D eigenvalue weighted by atomic mass is 16.3. The van der Waals surface area contributed by atoms with Gasteiger partial charge in [0.25, 0.3) is 0 Å². The molecule has 0 radical (unpaired) electrons. The molecule has 1 unspecified atom stereocenters. The molecule has 1 heterocycles. The zero-order valence-corrected chi connectivity index (χ0v) is 9.52. The number of nitrogens with zero attached hydrogens (tertiary/aromatic N) is 1. The molecule has 86 valence electrons. The van der Waals surface area contributed by atoms with Gasteiger partial charge in [0.15, 0.2) is 0 Å². The van der Waals surface area contributed by atoms with Crippen molar-refractivity contribution in [1.82, 2.24) is 0 Å². The third kappa shape index (κ3) is 2.09. The number of aliphatic hydroxyl groups is 1. The highest BCUT2D eigenvalue weighted by Crippen LogP contribution is 2.24. The van der Waals surface area contributed by atoms with Gasteiger partial charge >= 0.3 is 0 Å². The maximum absolute atomic E-state index is 11.7. The van der Waals surface area contributed by atoms with Crippen molar-refractivity contribution >= 4 is 11.6 Å². The number of amides is 1. The van der Waals surface area contributed by atoms with E-state index in [9.17, 15) is 4.79 Å². The van der Waals surface area contributed by atoms with Crippen LogP contribution in [0, 0.1) is 5.92 Å². The number of anilines is 1. The van der Waals surface area contributed by atoms with Crippen LogP contribution in [0.2, 0.25) is 0 Å². The predicted molar refractivity (Wildman–Crippen MR) is 63.4 cm³/mol. The minimum atomic E-state index is 0.0925. The summed E-state index contributed by atoms with van der Waals surface area (Å²) in [6.07, 6.45) is 1.47. The van der Waals surface area contributed by atoms with E-state index >= 15 is 0 Å². The number of carbonyl (C=O) groups excluding carboxylic acids is 1. The van der Waals surface area contributed by atoms with Gasteiger partial charge in [0.2, 0.25) is 5.91 Å². The monoisotopic (exact) mass is 219 g/mol. The number of benzene rings is 1. The lowest BCUT2D eigenvalue weighted by molar-refractivity contribution is -0.117. The topological polar surface area (TPSA) is 40.5 Å². The first-order valence-electron chi connectivity index (χ1n) is 5.74. The molecule has 1 amide bonds. The molecule has 16 heavy (non-hydrogen) atoms. The molecule has 1 N–H and O–H groups in total. The molecular formula is C13H17NO2. The van der Waals surface area contributed by atoms with E-state index in [0.717, 1.165) is 12.1 Å². The first-order valence-corrected chi connectivity index (χ1v) is 5.74. The Morgan fingerprint density at radius 2 is 2.06 bits per heavy atom. The van der Waals surface area contributed by atoms with Crippen molar-refractivity contribution in [2.75, 3.05) is 18.1 Å². The lowest BCUT2D eigenvalue weighted by atomic mass is 10.1. The number of hydrogen-bond donors (Lipinski definition) is 1. The second-order valence-corrected chi connectivity index (χ2v) is 4.28. The molecule has 0 spiro atoms. The SMILES string of the molecule is CCc1ccc(N2CC(CO)CC2=O)cc1. The zero-order valence-electron chi connectivity index (χ0n) is 9.52. The summed E-state index contributed by atoms with van der Waals surface area (Å²) >= 11 is 0. The van der Waals surface area contributed by atoms with E-state index < -0.39 is 0 Å². The van der Waals surface area contributed by atoms with Crippen LogP contribution in [0.3, 0.4) is 0 Å². The molecule has 3 heteroatoms. The fourth-order valence-electron chi connectivity index (χ4n) is 2.06. The molecule has 1 aliphatic heterocycles. The summed E-state index contributed by atoms with van der Waals surface area (Å²) in [5, 5.41) is 9.05. The molecule has 1 aliphatic rings. The Hall–Kier alpha value is -1.35. The van der Waals surface area contributed by atoms with Crippen molar-refractivity contribution in [3.63, 3.8) is 0 Å². The summed E-state index contributed by atoms with van der Waals surface area (Å²) in [5.41, 5.74) is 2.22. The van der Waals surface area contributed by atoms with Crippen LogP contribution in [0.25, 0.3) is 0 Å². The predicted octanol–water partition coefficient (Wildman–Crippen LogP) is 1.59. The lowest BCUT2D eigenvalue weighted by Gasteiger charge is -2.16. The Labute approximate surface area is 95.7 Å². The van der Waals surface area contributed by atoms with Crippen molar-refractivity contribution in [3.05, 3.63) is 29.8 Å². The second-order valence-electron chi connectivity index (χ2n) is 4.28. The number of carbonyl (C=O) groups is 1. The molecular weight excluding hydrogens is 202 g/mol. The van der Waals surface area contributed by atoms with Crippen LogP contribution in [0.1, 0.15) is 18.9 Å². The Balaban J connectivity index is 2.15. The fraction of sp³-hybridized carbons (Fsp3) is 0.462. The van der Waals surface area contributed by atoms with Gasteiger partial charge < -0.3 is 10.0 Å². The van der Waals surface area contributed by atoms with Gasteiger partial charge in [-0.3, -0.25) is 4.79 Å². The Morgan fingerprint density at radius 3 is 2.56 bits per heavy atom. The third-order valence-corrected chi connectivity index (χ3v) is 3.12. The second kappa shape index (κ2) is 4.66. The minimum Gasteiger partial charge on any atom is -0.396 e. The molecule has 0 saturated carbocycles. The number of aliphatic hydroxyl groups excluding tert-OH is 1. The summed E-state index contributed by atoms with van der Waals surface area (Å²) < 4.78 is 0. The van der Waals surface area contributed by atoms with Crippen LogP contribution in [0.4, 0.5) is 5.69 Å². The minimum absolute atomic E-state index is 0.0925. The summed E-state index contributed by atoms with van der Waals surface area (Å²) in [5.74, 6) is 0.210. The summed E-state index contributed by atoms with van der Waals surface area (Å²) in [7, 11) is 0. The third-order valence-electron chi connectivity index (χ3n) is 3.12. The molecule has 2 rings (SSSR count). The van der Waals surface area contributed by atoms with E-state index in [2.05, 4.69) is 19.1 Å². The van der Waals surface area contributed by atoms with Gasteiger partial charge in [-0.2, -0.15) is 0 Å². The van der Waals surface area contributed by atoms with Crippen LogP contribution < -0.4 is 4.90 Å². The van der Waals surface area contributed by atoms with Crippen molar-refractivity contribution in [2.24, 2.45) is 5.92 Å². The molecule has 0 bridgehead atoms. The molecule has 1 fully saturated rings. The van der Waals surface area contributed by atoms with E-state index in [1.165, 1.54) is 5.56 Å². The van der Waals surface area contributed by atoms with Crippen LogP contribution in [0.15, 0.2) is 24.3 Å². The maximum atomic E-state index is 11.7. The molecule has 0 aromatic heterocycles. The quantitative estimate of drug-likeness (QED) is 0.838. The maximum Gasteiger partial charge on any atom is 0.227 e. The highest BCUT2D eigenvalue weighted by molar-refractivity contribution is 5.95. The Kier molecular flexibility index (Phi) is 3.25. The Bertz CT molecular complexity index is 372. The van der Waals surface area contributed by atoms with Gasteiger partial charge in [-0.25, -0.2) is 0 Å². The van der Waals surface area contributed by atoms with Gasteiger partial charge in [0.1, 0.15) is 0 Å². The van der Waals surface area contributed by atoms with Crippen molar-refractivity contribution in [2.45, 2.75) is 19.8 Å². The van der Waals surface area contributed by atoms with Crippen molar-refractivity contribution in [1.29, 1.82) is 0 Å². The van der Waals surface area contributed by atoms with Crippen LogP contribution in [-0.2, 0) is 11.2 Å². The van der Waals surface area contributed by atoms with Gasteiger partial charge in [-0.15, -0.1) is 0 Å². The molecule has 0 aliphatic carbocycles. The Morgan fingerprint density at radius 1 is 1.38 bits per heavy atom. The van der Waals surface area contributed by atoms with Gasteiger partial charge in [0.05, 0.1) is 0 Å². The smallest absolute Gasteiger partial charge is 0.227 e. The van der Waals surface area contributed by atoms with E-state index in [-0.39, 0.29) is 18.4 Å². The van der Waals surface area contributed by atoms with Gasteiger partial charge in [-0.05, 0) is 24.1 Å². The van der Waals surface area contributed by atoms with Crippen molar-refractivity contribution in [3.8, 4) is 0 Å². The van der Waals surface area contributed by atoms with E-state index in [1.807, 2.05) is 12.1 Å². The van der Waals surface area contributed by atoms with Gasteiger partial charge in [0, 0.05) is 31.2 Å². The molecule has 3 nitrogen and oxygen atoms in total. The van der Waals surface area contributed by atoms with E-state index in [4.69, 9.17) is 5.11 Å². The fourth-order valence-corrected chi connectivity index (χ4v) is 2.06. The normalized spacial score (nSPS) is 20.5. The average molecular weight is 219 g/mol. The van der Waals surface area contributed by atoms with Crippen LogP contribution >= 0.6 is 0 Å². The largest absolute Gasteiger partial charge is 0.396 e. The summed E-state index contributed by atoms with van der Waals surface area (Å²) in [6.45, 7) is 2.84. The number of hydrogen-bond acceptors (Lipinski definition) is 2. The first kappa shape index (κ1) is 11.1. The highest BCUT2D eigenvalue weighted by Gasteiger charge is 2.29. The molecule has 1 aromatic rings. The number of aryl methyl sites for hydroxylation is 1. The van der Waals surface area contributed by atoms with Gasteiger partial charge in [-0.1, -0.05) is 19.1 Å². The molecule has 1 atom stereocenters. The zero-order chi connectivity index (χ0) is 11.5. The average Bonchev–Trinajstić information content (AvgIpc) is 2.71. The summed E-state index contributed by atoms with van der Waals surface area (Å²) in [6, 6.07) is 8.07. The van der Waals surface area contributed by atoms with Crippen molar-refractivity contribution < 1.29 is 9.90 Å². The molecule has 1 aromatic carbocycles. The summed E-state index contributed by atoms with van der Waals surface area (Å²) in [4.78, 5) is 13.5. The standard InChI is InChI=1S/C13H17NO2/c1-2-10-3-5-12(6-4-10)14-8-11(9-15)7-13(14)16/h3-6,11,15H,2,7-9H2,1H3. The lowest BCUT2D eigenvalue weighted by Crippen LogP contribution is -2.24. The van der Waals surface area contributed by atoms with E-state index in [0.29, 0.717) is 13.0 Å². The van der Waals surface area contributed by atoms with Crippen LogP contribution in [-0.4, -0.2) is 24.2 Å².